The van der Waals surface area contributed by atoms with Crippen LogP contribution in [-0.4, -0.2) is 17.7 Å². The van der Waals surface area contributed by atoms with Crippen molar-refractivity contribution in [1.29, 1.82) is 0 Å². The number of benzene rings is 1. The lowest BCUT2D eigenvalue weighted by atomic mass is 10.1. The van der Waals surface area contributed by atoms with Gasteiger partial charge in [-0.1, -0.05) is 17.7 Å². The summed E-state index contributed by atoms with van der Waals surface area (Å²) < 4.78 is 4.98. The van der Waals surface area contributed by atoms with Gasteiger partial charge in [-0.15, -0.1) is 5.48 Å². The molecule has 2 rings (SSSR count). The van der Waals surface area contributed by atoms with E-state index in [2.05, 4.69) is 0 Å². The molecule has 0 bridgehead atoms. The van der Waals surface area contributed by atoms with Gasteiger partial charge in [0.05, 0.1) is 5.92 Å². The number of nitrogens with one attached hydrogen (secondary N) is 1. The fraction of sp³-hybridized carbons (Fsp3) is 0.467. The molecular formula is C15H18ClNO4. The minimum atomic E-state index is -0.783. The molecule has 0 radical (unpaired) electrons. The third kappa shape index (κ3) is 4.36. The molecule has 1 amide bonds. The molecule has 1 aromatic rings. The van der Waals surface area contributed by atoms with Crippen LogP contribution in [0.1, 0.15) is 31.9 Å². The van der Waals surface area contributed by atoms with Crippen LogP contribution in [0.4, 0.5) is 4.79 Å². The quantitative estimate of drug-likeness (QED) is 0.810. The number of rotatable bonds is 1. The molecular weight excluding hydrogens is 294 g/mol. The Morgan fingerprint density at radius 1 is 1.24 bits per heavy atom. The van der Waals surface area contributed by atoms with Gasteiger partial charge in [0.25, 0.3) is 0 Å². The van der Waals surface area contributed by atoms with Gasteiger partial charge in [0.15, 0.2) is 0 Å². The fourth-order valence-electron chi connectivity index (χ4n) is 2.23. The summed E-state index contributed by atoms with van der Waals surface area (Å²) >= 11 is 5.93. The molecule has 5 nitrogen and oxygen atoms in total. The molecule has 0 spiro atoms. The highest BCUT2D eigenvalue weighted by atomic mass is 35.5. The SMILES string of the molecule is CC(C)(C)OC(=O)NOC(=O)C1Cc2ccc(Cl)cc2C1. The maximum Gasteiger partial charge on any atom is 0.441 e. The first-order chi connectivity index (χ1) is 9.74. The lowest BCUT2D eigenvalue weighted by molar-refractivity contribution is -0.155. The Hall–Kier alpha value is -1.75. The van der Waals surface area contributed by atoms with E-state index >= 15 is 0 Å². The van der Waals surface area contributed by atoms with Gasteiger partial charge in [0.1, 0.15) is 5.60 Å². The summed E-state index contributed by atoms with van der Waals surface area (Å²) in [6.45, 7) is 5.18. The Morgan fingerprint density at radius 2 is 1.90 bits per heavy atom. The smallest absolute Gasteiger partial charge is 0.441 e. The maximum atomic E-state index is 11.9. The number of carbonyl (C=O) groups excluding carboxylic acids is 2. The zero-order valence-electron chi connectivity index (χ0n) is 12.2. The zero-order chi connectivity index (χ0) is 15.6. The van der Waals surface area contributed by atoms with Gasteiger partial charge in [-0.2, -0.15) is 0 Å². The minimum Gasteiger partial charge on any atom is -0.442 e. The predicted octanol–water partition coefficient (Wildman–Crippen LogP) is 3.04. The summed E-state index contributed by atoms with van der Waals surface area (Å²) in [7, 11) is 0. The molecule has 1 aliphatic rings. The number of halogens is 1. The van der Waals surface area contributed by atoms with Crippen molar-refractivity contribution in [3.05, 3.63) is 34.3 Å². The molecule has 0 aliphatic heterocycles. The molecule has 1 N–H and O–H groups in total. The van der Waals surface area contributed by atoms with E-state index in [4.69, 9.17) is 21.2 Å². The minimum absolute atomic E-state index is 0.312. The summed E-state index contributed by atoms with van der Waals surface area (Å²) in [5, 5.41) is 0.648. The number of ether oxygens (including phenoxy) is 1. The van der Waals surface area contributed by atoms with E-state index in [9.17, 15) is 9.59 Å². The van der Waals surface area contributed by atoms with Gasteiger partial charge >= 0.3 is 12.1 Å². The van der Waals surface area contributed by atoms with E-state index in [0.717, 1.165) is 11.1 Å². The predicted molar refractivity (Wildman–Crippen MR) is 77.8 cm³/mol. The number of hydrogen-bond donors (Lipinski definition) is 1. The molecule has 114 valence electrons. The van der Waals surface area contributed by atoms with Crippen molar-refractivity contribution < 1.29 is 19.2 Å². The van der Waals surface area contributed by atoms with Crippen LogP contribution in [0.2, 0.25) is 5.02 Å². The summed E-state index contributed by atoms with van der Waals surface area (Å²) in [6.07, 6.45) is 0.362. The van der Waals surface area contributed by atoms with Crippen LogP contribution in [0.25, 0.3) is 0 Å². The van der Waals surface area contributed by atoms with Gasteiger partial charge in [-0.05, 0) is 56.9 Å². The van der Waals surface area contributed by atoms with Crippen LogP contribution in [0, 0.1) is 5.92 Å². The van der Waals surface area contributed by atoms with Crippen LogP contribution in [0.15, 0.2) is 18.2 Å². The van der Waals surface area contributed by atoms with Gasteiger partial charge in [-0.3, -0.25) is 0 Å². The Labute approximate surface area is 128 Å². The summed E-state index contributed by atoms with van der Waals surface area (Å²) in [5.41, 5.74) is 3.50. The van der Waals surface area contributed by atoms with E-state index in [1.54, 1.807) is 26.8 Å². The van der Waals surface area contributed by atoms with Crippen LogP contribution < -0.4 is 5.48 Å². The van der Waals surface area contributed by atoms with Crippen molar-refractivity contribution >= 4 is 23.7 Å². The van der Waals surface area contributed by atoms with E-state index in [0.29, 0.717) is 17.9 Å². The molecule has 21 heavy (non-hydrogen) atoms. The Kier molecular flexibility index (Phi) is 4.42. The molecule has 1 aromatic carbocycles. The van der Waals surface area contributed by atoms with Crippen molar-refractivity contribution in [2.75, 3.05) is 0 Å². The van der Waals surface area contributed by atoms with Crippen molar-refractivity contribution in [3.8, 4) is 0 Å². The van der Waals surface area contributed by atoms with Crippen LogP contribution in [0.3, 0.4) is 0 Å². The van der Waals surface area contributed by atoms with Gasteiger partial charge < -0.3 is 9.57 Å². The normalized spacial score (nSPS) is 17.0. The third-order valence-electron chi connectivity index (χ3n) is 3.07. The average molecular weight is 312 g/mol. The molecule has 0 aromatic heterocycles. The van der Waals surface area contributed by atoms with Crippen molar-refractivity contribution in [2.24, 2.45) is 5.92 Å². The highest BCUT2D eigenvalue weighted by Crippen LogP contribution is 2.29. The van der Waals surface area contributed by atoms with E-state index in [1.165, 1.54) is 0 Å². The number of carbonyl (C=O) groups is 2. The monoisotopic (exact) mass is 311 g/mol. The second kappa shape index (κ2) is 5.93. The first-order valence-electron chi connectivity index (χ1n) is 6.71. The molecule has 0 saturated heterocycles. The van der Waals surface area contributed by atoms with Crippen molar-refractivity contribution in [2.45, 2.75) is 39.2 Å². The number of fused-ring (bicyclic) bond motifs is 1. The topological polar surface area (TPSA) is 64.6 Å². The first-order valence-corrected chi connectivity index (χ1v) is 7.09. The highest BCUT2D eigenvalue weighted by molar-refractivity contribution is 6.30. The van der Waals surface area contributed by atoms with Gasteiger partial charge in [-0.25, -0.2) is 9.59 Å². The summed E-state index contributed by atoms with van der Waals surface area (Å²) in [5.74, 6) is -0.790. The zero-order valence-corrected chi connectivity index (χ0v) is 13.0. The Balaban J connectivity index is 1.85. The Bertz CT molecular complexity index is 565. The molecule has 1 aliphatic carbocycles. The molecule has 0 heterocycles. The number of hydroxylamine groups is 1. The maximum absolute atomic E-state index is 11.9. The summed E-state index contributed by atoms with van der Waals surface area (Å²) in [4.78, 5) is 28.2. The van der Waals surface area contributed by atoms with E-state index < -0.39 is 17.7 Å². The molecule has 1 unspecified atom stereocenters. The van der Waals surface area contributed by atoms with Crippen molar-refractivity contribution in [3.63, 3.8) is 0 Å². The van der Waals surface area contributed by atoms with Crippen molar-refractivity contribution in [1.82, 2.24) is 5.48 Å². The first kappa shape index (κ1) is 15.6. The lowest BCUT2D eigenvalue weighted by Crippen LogP contribution is -2.35. The molecule has 0 fully saturated rings. The second-order valence-electron chi connectivity index (χ2n) is 6.04. The fourth-order valence-corrected chi connectivity index (χ4v) is 2.42. The second-order valence-corrected chi connectivity index (χ2v) is 6.48. The van der Waals surface area contributed by atoms with Crippen LogP contribution in [-0.2, 0) is 27.2 Å². The van der Waals surface area contributed by atoms with Gasteiger partial charge in [0.2, 0.25) is 0 Å². The average Bonchev–Trinajstić information content (AvgIpc) is 2.76. The standard InChI is InChI=1S/C15H18ClNO4/c1-15(2,3)20-14(19)17-21-13(18)11-6-9-4-5-12(16)8-10(9)7-11/h4-5,8,11H,6-7H2,1-3H3,(H,17,19). The summed E-state index contributed by atoms with van der Waals surface area (Å²) in [6, 6.07) is 5.56. The van der Waals surface area contributed by atoms with Gasteiger partial charge in [0, 0.05) is 5.02 Å². The molecule has 6 heteroatoms. The van der Waals surface area contributed by atoms with Crippen LogP contribution in [0.5, 0.6) is 0 Å². The van der Waals surface area contributed by atoms with Crippen LogP contribution >= 0.6 is 11.6 Å². The highest BCUT2D eigenvalue weighted by Gasteiger charge is 2.30. The Morgan fingerprint density at radius 3 is 2.57 bits per heavy atom. The molecule has 0 saturated carbocycles. The largest absolute Gasteiger partial charge is 0.442 e. The third-order valence-corrected chi connectivity index (χ3v) is 3.30. The molecule has 1 atom stereocenters. The van der Waals surface area contributed by atoms with E-state index in [1.807, 2.05) is 17.6 Å². The number of amides is 1. The van der Waals surface area contributed by atoms with E-state index in [-0.39, 0.29) is 5.92 Å². The lowest BCUT2D eigenvalue weighted by Gasteiger charge is -2.19. The number of hydrogen-bond acceptors (Lipinski definition) is 4.